The highest BCUT2D eigenvalue weighted by atomic mass is 16.2. The van der Waals surface area contributed by atoms with E-state index in [-0.39, 0.29) is 12.5 Å². The Kier molecular flexibility index (Phi) is 7.86. The Bertz CT molecular complexity index is 1070. The van der Waals surface area contributed by atoms with E-state index in [1.807, 2.05) is 31.2 Å². The minimum Gasteiger partial charge on any atom is -0.371 e. The summed E-state index contributed by atoms with van der Waals surface area (Å²) in [6.45, 7) is 3.77. The number of hydrogen-bond donors (Lipinski definition) is 2. The molecule has 172 valence electrons. The quantitative estimate of drug-likeness (QED) is 0.613. The van der Waals surface area contributed by atoms with Gasteiger partial charge in [0.15, 0.2) is 0 Å². The Balaban J connectivity index is 1.67. The molecule has 2 N–H and O–H groups in total. The molecule has 3 rings (SSSR count). The van der Waals surface area contributed by atoms with Crippen molar-refractivity contribution in [3.8, 4) is 0 Å². The number of carbonyl (C=O) groups is 2. The first kappa shape index (κ1) is 23.3. The second kappa shape index (κ2) is 10.8. The fraction of sp³-hybridized carbons (Fsp3) is 0.478. The molecule has 0 radical (unpaired) electrons. The predicted molar refractivity (Wildman–Crippen MR) is 124 cm³/mol. The number of amides is 2. The van der Waals surface area contributed by atoms with Crippen molar-refractivity contribution in [1.82, 2.24) is 14.5 Å². The maximum absolute atomic E-state index is 13.0. The summed E-state index contributed by atoms with van der Waals surface area (Å²) in [5.74, 6) is -0.758. The van der Waals surface area contributed by atoms with Crippen LogP contribution in [0.2, 0.25) is 0 Å². The van der Waals surface area contributed by atoms with Crippen LogP contribution in [0.1, 0.15) is 39.0 Å². The number of nitrogens with one attached hydrogen (secondary N) is 2. The van der Waals surface area contributed by atoms with Crippen molar-refractivity contribution in [1.29, 1.82) is 0 Å². The molecule has 2 heterocycles. The number of nitrogens with zero attached hydrogens (tertiary/aromatic N) is 3. The molecule has 1 aromatic carbocycles. The van der Waals surface area contributed by atoms with Gasteiger partial charge in [-0.1, -0.05) is 25.8 Å². The Morgan fingerprint density at radius 1 is 1.12 bits per heavy atom. The maximum Gasteiger partial charge on any atom is 0.331 e. The lowest BCUT2D eigenvalue weighted by molar-refractivity contribution is -0.127. The highest BCUT2D eigenvalue weighted by molar-refractivity contribution is 5.97. The maximum atomic E-state index is 13.0. The van der Waals surface area contributed by atoms with E-state index in [4.69, 9.17) is 0 Å². The second-order valence-corrected chi connectivity index (χ2v) is 8.12. The van der Waals surface area contributed by atoms with Crippen molar-refractivity contribution in [3.63, 3.8) is 0 Å². The van der Waals surface area contributed by atoms with Crippen LogP contribution in [-0.2, 0) is 23.2 Å². The molecule has 1 fully saturated rings. The summed E-state index contributed by atoms with van der Waals surface area (Å²) in [6, 6.07) is 8.23. The minimum absolute atomic E-state index is 0.271. The molecular weight excluding hydrogens is 410 g/mol. The van der Waals surface area contributed by atoms with E-state index >= 15 is 0 Å². The summed E-state index contributed by atoms with van der Waals surface area (Å²) in [6.07, 6.45) is 5.76. The summed E-state index contributed by atoms with van der Waals surface area (Å²) in [7, 11) is 1.35. The lowest BCUT2D eigenvalue weighted by Gasteiger charge is -2.21. The van der Waals surface area contributed by atoms with Gasteiger partial charge in [-0.05, 0) is 37.5 Å². The number of benzene rings is 1. The molecule has 9 heteroatoms. The molecule has 9 nitrogen and oxygen atoms in total. The third-order valence-corrected chi connectivity index (χ3v) is 5.66. The van der Waals surface area contributed by atoms with Crippen molar-refractivity contribution >= 4 is 23.2 Å². The molecule has 0 aliphatic carbocycles. The van der Waals surface area contributed by atoms with Gasteiger partial charge in [0.25, 0.3) is 5.56 Å². The zero-order valence-corrected chi connectivity index (χ0v) is 18.7. The SMILES string of the molecule is CCCCC(NC(=O)Cn1ccc(=O)n(C)c1=O)C(=O)Nc1cccc(N2CCCC2)c1. The summed E-state index contributed by atoms with van der Waals surface area (Å²) in [5, 5.41) is 5.66. The number of rotatable bonds is 9. The molecule has 1 aromatic heterocycles. The van der Waals surface area contributed by atoms with Gasteiger partial charge in [0.05, 0.1) is 0 Å². The molecule has 1 aliphatic heterocycles. The first-order valence-electron chi connectivity index (χ1n) is 11.1. The van der Waals surface area contributed by atoms with Crippen LogP contribution in [0.15, 0.2) is 46.1 Å². The highest BCUT2D eigenvalue weighted by Crippen LogP contribution is 2.23. The number of unbranched alkanes of at least 4 members (excludes halogenated alkanes) is 1. The van der Waals surface area contributed by atoms with Gasteiger partial charge in [0.1, 0.15) is 12.6 Å². The van der Waals surface area contributed by atoms with Gasteiger partial charge < -0.3 is 15.5 Å². The standard InChI is InChI=1S/C23H31N5O4/c1-3-4-10-19(25-20(29)16-28-14-11-21(30)26(2)23(28)32)22(31)24-17-8-7-9-18(15-17)27-12-5-6-13-27/h7-9,11,14-15,19H,3-6,10,12-13,16H2,1-2H3,(H,24,31)(H,25,29). The molecule has 0 bridgehead atoms. The minimum atomic E-state index is -0.721. The van der Waals surface area contributed by atoms with Crippen molar-refractivity contribution < 1.29 is 9.59 Å². The fourth-order valence-corrected chi connectivity index (χ4v) is 3.79. The van der Waals surface area contributed by atoms with Gasteiger partial charge in [-0.25, -0.2) is 4.79 Å². The predicted octanol–water partition coefficient (Wildman–Crippen LogP) is 1.46. The second-order valence-electron chi connectivity index (χ2n) is 8.12. The van der Waals surface area contributed by atoms with Crippen molar-refractivity contribution in [2.75, 3.05) is 23.3 Å². The Hall–Kier alpha value is -3.36. The van der Waals surface area contributed by atoms with Crippen LogP contribution >= 0.6 is 0 Å². The monoisotopic (exact) mass is 441 g/mol. The smallest absolute Gasteiger partial charge is 0.331 e. The third-order valence-electron chi connectivity index (χ3n) is 5.66. The number of anilines is 2. The average Bonchev–Trinajstić information content (AvgIpc) is 3.32. The highest BCUT2D eigenvalue weighted by Gasteiger charge is 2.21. The van der Waals surface area contributed by atoms with Gasteiger partial charge in [-0.2, -0.15) is 0 Å². The van der Waals surface area contributed by atoms with Crippen LogP contribution in [-0.4, -0.2) is 40.1 Å². The number of aromatic nitrogens is 2. The van der Waals surface area contributed by atoms with Gasteiger partial charge >= 0.3 is 5.69 Å². The van der Waals surface area contributed by atoms with Crippen molar-refractivity contribution in [2.24, 2.45) is 7.05 Å². The van der Waals surface area contributed by atoms with E-state index in [0.717, 1.165) is 40.8 Å². The topological polar surface area (TPSA) is 105 Å². The molecule has 2 amide bonds. The summed E-state index contributed by atoms with van der Waals surface area (Å²) >= 11 is 0. The van der Waals surface area contributed by atoms with E-state index < -0.39 is 23.2 Å². The van der Waals surface area contributed by atoms with E-state index in [2.05, 4.69) is 15.5 Å². The molecule has 1 saturated heterocycles. The van der Waals surface area contributed by atoms with Crippen LogP contribution < -0.4 is 26.8 Å². The molecule has 1 aliphatic rings. The number of hydrogen-bond acceptors (Lipinski definition) is 5. The third kappa shape index (κ3) is 5.87. The van der Waals surface area contributed by atoms with Crippen LogP contribution in [0.5, 0.6) is 0 Å². The van der Waals surface area contributed by atoms with E-state index in [9.17, 15) is 19.2 Å². The van der Waals surface area contributed by atoms with Crippen molar-refractivity contribution in [3.05, 3.63) is 57.4 Å². The van der Waals surface area contributed by atoms with E-state index in [0.29, 0.717) is 12.1 Å². The van der Waals surface area contributed by atoms with Crippen LogP contribution in [0, 0.1) is 0 Å². The lowest BCUT2D eigenvalue weighted by atomic mass is 10.1. The molecule has 32 heavy (non-hydrogen) atoms. The van der Waals surface area contributed by atoms with Crippen LogP contribution in [0.3, 0.4) is 0 Å². The zero-order valence-electron chi connectivity index (χ0n) is 18.7. The van der Waals surface area contributed by atoms with Gasteiger partial charge in [0, 0.05) is 43.8 Å². The first-order valence-corrected chi connectivity index (χ1v) is 11.1. The van der Waals surface area contributed by atoms with Gasteiger partial charge in [-0.15, -0.1) is 0 Å². The summed E-state index contributed by atoms with van der Waals surface area (Å²) in [5.41, 5.74) is 0.733. The van der Waals surface area contributed by atoms with Crippen molar-refractivity contribution in [2.45, 2.75) is 51.6 Å². The molecule has 2 aromatic rings. The average molecular weight is 442 g/mol. The zero-order chi connectivity index (χ0) is 23.1. The van der Waals surface area contributed by atoms with E-state index in [1.54, 1.807) is 0 Å². The molecule has 1 unspecified atom stereocenters. The largest absolute Gasteiger partial charge is 0.371 e. The molecule has 0 saturated carbocycles. The van der Waals surface area contributed by atoms with E-state index in [1.165, 1.54) is 32.2 Å². The Morgan fingerprint density at radius 2 is 1.88 bits per heavy atom. The normalized spacial score (nSPS) is 14.2. The fourth-order valence-electron chi connectivity index (χ4n) is 3.79. The van der Waals surface area contributed by atoms with Gasteiger partial charge in [-0.3, -0.25) is 23.5 Å². The van der Waals surface area contributed by atoms with Crippen LogP contribution in [0.25, 0.3) is 0 Å². The molecular formula is C23H31N5O4. The Morgan fingerprint density at radius 3 is 2.59 bits per heavy atom. The Labute approximate surface area is 187 Å². The lowest BCUT2D eigenvalue weighted by Crippen LogP contribution is -2.46. The first-order chi connectivity index (χ1) is 15.4. The summed E-state index contributed by atoms with van der Waals surface area (Å²) < 4.78 is 2.08. The van der Waals surface area contributed by atoms with Crippen LogP contribution in [0.4, 0.5) is 11.4 Å². The number of carbonyl (C=O) groups excluding carboxylic acids is 2. The summed E-state index contributed by atoms with van der Waals surface area (Å²) in [4.78, 5) is 51.5. The molecule has 0 spiro atoms. The molecule has 1 atom stereocenters. The van der Waals surface area contributed by atoms with Gasteiger partial charge in [0.2, 0.25) is 11.8 Å².